The minimum Gasteiger partial charge on any atom is -0.468 e. The topological polar surface area (TPSA) is 58.0 Å². The average Bonchev–Trinajstić information content (AvgIpc) is 2.90. The van der Waals surface area contributed by atoms with Crippen molar-refractivity contribution in [3.05, 3.63) is 24.2 Å². The van der Waals surface area contributed by atoms with E-state index in [-0.39, 0.29) is 12.1 Å². The second-order valence-corrected chi connectivity index (χ2v) is 8.00. The molecule has 2 rings (SSSR count). The Kier molecular flexibility index (Phi) is 6.90. The maximum absolute atomic E-state index is 12.2. The smallest absolute Gasteiger partial charge is 0.410 e. The van der Waals surface area contributed by atoms with Crippen LogP contribution < -0.4 is 5.32 Å². The first-order valence-corrected chi connectivity index (χ1v) is 9.17. The summed E-state index contributed by atoms with van der Waals surface area (Å²) in [5.74, 6) is 0.974. The highest BCUT2D eigenvalue weighted by atomic mass is 16.6. The number of hydrogen-bond acceptors (Lipinski definition) is 5. The zero-order valence-corrected chi connectivity index (χ0v) is 16.2. The lowest BCUT2D eigenvalue weighted by Crippen LogP contribution is -2.39. The number of carbonyl (C=O) groups is 1. The van der Waals surface area contributed by atoms with Crippen LogP contribution in [-0.4, -0.2) is 61.3 Å². The third kappa shape index (κ3) is 6.36. The van der Waals surface area contributed by atoms with E-state index in [9.17, 15) is 4.79 Å². The van der Waals surface area contributed by atoms with Crippen LogP contribution in [0.1, 0.15) is 51.8 Å². The Bertz CT molecular complexity index is 523. The first-order valence-electron chi connectivity index (χ1n) is 9.17. The highest BCUT2D eigenvalue weighted by molar-refractivity contribution is 5.68. The van der Waals surface area contributed by atoms with Crippen LogP contribution in [0, 0.1) is 0 Å². The Labute approximate surface area is 151 Å². The molecule has 25 heavy (non-hydrogen) atoms. The van der Waals surface area contributed by atoms with Crippen LogP contribution in [-0.2, 0) is 4.74 Å². The van der Waals surface area contributed by atoms with Gasteiger partial charge in [-0.2, -0.15) is 0 Å². The molecule has 0 aromatic carbocycles. The first-order chi connectivity index (χ1) is 11.8. The number of amides is 1. The minimum absolute atomic E-state index is 0.199. The summed E-state index contributed by atoms with van der Waals surface area (Å²) >= 11 is 0. The van der Waals surface area contributed by atoms with Gasteiger partial charge in [0.1, 0.15) is 11.4 Å². The number of carbonyl (C=O) groups excluding carboxylic acids is 1. The van der Waals surface area contributed by atoms with E-state index < -0.39 is 5.60 Å². The van der Waals surface area contributed by atoms with E-state index in [0.717, 1.165) is 44.7 Å². The minimum atomic E-state index is -0.441. The normalized spacial score (nSPS) is 20.4. The second-order valence-electron chi connectivity index (χ2n) is 8.00. The summed E-state index contributed by atoms with van der Waals surface area (Å²) < 4.78 is 11.1. The molecular weight excluding hydrogens is 318 g/mol. The highest BCUT2D eigenvalue weighted by Gasteiger charge is 2.26. The molecule has 0 saturated carbocycles. The van der Waals surface area contributed by atoms with E-state index in [1.165, 1.54) is 0 Å². The molecule has 0 bridgehead atoms. The molecule has 1 aliphatic rings. The van der Waals surface area contributed by atoms with Crippen LogP contribution in [0.15, 0.2) is 22.8 Å². The molecule has 1 fully saturated rings. The Hall–Kier alpha value is -1.53. The molecule has 6 heteroatoms. The molecule has 6 nitrogen and oxygen atoms in total. The molecule has 1 aliphatic heterocycles. The standard InChI is InChI=1S/C19H33N3O3/c1-19(2,3)25-18(23)22-11-6-8-15(10-12-22)20-14-16(21(4)5)17-9-7-13-24-17/h7,9,13,15-16,20H,6,8,10-12,14H2,1-5H3. The van der Waals surface area contributed by atoms with Crippen molar-refractivity contribution in [2.45, 2.75) is 57.7 Å². The van der Waals surface area contributed by atoms with Crippen molar-refractivity contribution >= 4 is 6.09 Å². The molecule has 1 saturated heterocycles. The molecule has 0 radical (unpaired) electrons. The molecule has 2 heterocycles. The molecule has 2 atom stereocenters. The number of likely N-dealkylation sites (N-methyl/N-ethyl adjacent to an activating group) is 1. The van der Waals surface area contributed by atoms with E-state index in [1.807, 2.05) is 37.8 Å². The average molecular weight is 351 g/mol. The van der Waals surface area contributed by atoms with Gasteiger partial charge < -0.3 is 19.4 Å². The Balaban J connectivity index is 1.83. The van der Waals surface area contributed by atoms with Crippen molar-refractivity contribution in [3.8, 4) is 0 Å². The number of hydrogen-bond donors (Lipinski definition) is 1. The summed E-state index contributed by atoms with van der Waals surface area (Å²) in [6.07, 6.45) is 4.52. The lowest BCUT2D eigenvalue weighted by Gasteiger charge is -2.27. The number of likely N-dealkylation sites (tertiary alicyclic amines) is 1. The maximum atomic E-state index is 12.2. The lowest BCUT2D eigenvalue weighted by molar-refractivity contribution is 0.0256. The number of rotatable bonds is 5. The molecule has 1 N–H and O–H groups in total. The van der Waals surface area contributed by atoms with Gasteiger partial charge in [-0.25, -0.2) is 4.79 Å². The maximum Gasteiger partial charge on any atom is 0.410 e. The molecule has 1 aromatic rings. The number of nitrogens with zero attached hydrogens (tertiary/aromatic N) is 2. The SMILES string of the molecule is CN(C)C(CNC1CCCN(C(=O)OC(C)(C)C)CC1)c1ccco1. The van der Waals surface area contributed by atoms with E-state index in [2.05, 4.69) is 24.3 Å². The summed E-state index contributed by atoms with van der Waals surface area (Å²) in [7, 11) is 4.12. The van der Waals surface area contributed by atoms with Gasteiger partial charge in [-0.3, -0.25) is 4.90 Å². The molecular formula is C19H33N3O3. The fourth-order valence-electron chi connectivity index (χ4n) is 3.11. The second kappa shape index (κ2) is 8.72. The molecule has 2 unspecified atom stereocenters. The lowest BCUT2D eigenvalue weighted by atomic mass is 10.1. The Morgan fingerprint density at radius 2 is 2.16 bits per heavy atom. The van der Waals surface area contributed by atoms with Crippen molar-refractivity contribution in [3.63, 3.8) is 0 Å². The number of ether oxygens (including phenoxy) is 1. The number of nitrogens with one attached hydrogen (secondary N) is 1. The summed E-state index contributed by atoms with van der Waals surface area (Å²) in [4.78, 5) is 16.2. The van der Waals surface area contributed by atoms with Gasteiger partial charge in [0.2, 0.25) is 0 Å². The summed E-state index contributed by atoms with van der Waals surface area (Å²) in [6, 6.07) is 4.56. The first kappa shape index (κ1) is 19.8. The van der Waals surface area contributed by atoms with Crippen molar-refractivity contribution in [1.82, 2.24) is 15.1 Å². The molecule has 1 amide bonds. The van der Waals surface area contributed by atoms with Gasteiger partial charge in [0.15, 0.2) is 0 Å². The van der Waals surface area contributed by atoms with Gasteiger partial charge in [0, 0.05) is 25.7 Å². The fraction of sp³-hybridized carbons (Fsp3) is 0.737. The van der Waals surface area contributed by atoms with Crippen molar-refractivity contribution in [2.24, 2.45) is 0 Å². The largest absolute Gasteiger partial charge is 0.468 e. The van der Waals surface area contributed by atoms with Gasteiger partial charge in [0.05, 0.1) is 12.3 Å². The molecule has 1 aromatic heterocycles. The van der Waals surface area contributed by atoms with Crippen molar-refractivity contribution in [2.75, 3.05) is 33.7 Å². The van der Waals surface area contributed by atoms with Crippen LogP contribution >= 0.6 is 0 Å². The summed E-state index contributed by atoms with van der Waals surface area (Å²) in [5.41, 5.74) is -0.441. The van der Waals surface area contributed by atoms with E-state index in [0.29, 0.717) is 6.04 Å². The van der Waals surface area contributed by atoms with E-state index >= 15 is 0 Å². The van der Waals surface area contributed by atoms with Gasteiger partial charge in [-0.15, -0.1) is 0 Å². The van der Waals surface area contributed by atoms with Gasteiger partial charge in [-0.1, -0.05) is 0 Å². The number of furan rings is 1. The van der Waals surface area contributed by atoms with Crippen LogP contribution in [0.3, 0.4) is 0 Å². The van der Waals surface area contributed by atoms with Crippen LogP contribution in [0.25, 0.3) is 0 Å². The molecule has 0 spiro atoms. The predicted molar refractivity (Wildman–Crippen MR) is 98.6 cm³/mol. The van der Waals surface area contributed by atoms with Crippen LogP contribution in [0.4, 0.5) is 4.79 Å². The highest BCUT2D eigenvalue weighted by Crippen LogP contribution is 2.20. The quantitative estimate of drug-likeness (QED) is 0.882. The van der Waals surface area contributed by atoms with Gasteiger partial charge in [-0.05, 0) is 66.3 Å². The Morgan fingerprint density at radius 1 is 1.40 bits per heavy atom. The van der Waals surface area contributed by atoms with Gasteiger partial charge >= 0.3 is 6.09 Å². The third-order valence-electron chi connectivity index (χ3n) is 4.47. The van der Waals surface area contributed by atoms with E-state index in [4.69, 9.17) is 9.15 Å². The monoisotopic (exact) mass is 351 g/mol. The van der Waals surface area contributed by atoms with E-state index in [1.54, 1.807) is 6.26 Å². The van der Waals surface area contributed by atoms with Crippen LogP contribution in [0.2, 0.25) is 0 Å². The zero-order chi connectivity index (χ0) is 18.4. The fourth-order valence-corrected chi connectivity index (χ4v) is 3.11. The predicted octanol–water partition coefficient (Wildman–Crippen LogP) is 3.26. The van der Waals surface area contributed by atoms with Gasteiger partial charge in [0.25, 0.3) is 0 Å². The van der Waals surface area contributed by atoms with Crippen molar-refractivity contribution in [1.29, 1.82) is 0 Å². The zero-order valence-electron chi connectivity index (χ0n) is 16.2. The van der Waals surface area contributed by atoms with Crippen molar-refractivity contribution < 1.29 is 13.9 Å². The molecule has 0 aliphatic carbocycles. The summed E-state index contributed by atoms with van der Waals surface area (Å²) in [5, 5.41) is 3.66. The van der Waals surface area contributed by atoms with Crippen LogP contribution in [0.5, 0.6) is 0 Å². The third-order valence-corrected chi connectivity index (χ3v) is 4.47. The Morgan fingerprint density at radius 3 is 2.76 bits per heavy atom. The molecule has 142 valence electrons. The summed E-state index contributed by atoms with van der Waals surface area (Å²) in [6.45, 7) is 8.05.